The van der Waals surface area contributed by atoms with Crippen LogP contribution in [0.15, 0.2) is 48.5 Å². The lowest BCUT2D eigenvalue weighted by Gasteiger charge is -2.31. The quantitative estimate of drug-likeness (QED) is 0.875. The molecule has 0 aromatic heterocycles. The van der Waals surface area contributed by atoms with Crippen LogP contribution in [0.4, 0.5) is 10.1 Å². The summed E-state index contributed by atoms with van der Waals surface area (Å²) in [5.41, 5.74) is 0.965. The number of hydrogen-bond donors (Lipinski definition) is 2. The summed E-state index contributed by atoms with van der Waals surface area (Å²) in [4.78, 5) is 11.9. The number of carboxylic acids is 1. The first-order valence-electron chi connectivity index (χ1n) is 6.83. The van der Waals surface area contributed by atoms with Crippen molar-refractivity contribution < 1.29 is 14.3 Å². The van der Waals surface area contributed by atoms with E-state index in [4.69, 9.17) is 0 Å². The second-order valence-corrected chi connectivity index (χ2v) is 5.01. The number of nitrogens with one attached hydrogen (secondary N) is 1. The number of rotatable bonds is 5. The number of para-hydroxylation sites is 1. The van der Waals surface area contributed by atoms with Gasteiger partial charge in [0.05, 0.1) is 0 Å². The highest BCUT2D eigenvalue weighted by molar-refractivity contribution is 5.85. The first-order chi connectivity index (χ1) is 9.99. The van der Waals surface area contributed by atoms with Gasteiger partial charge in [-0.25, -0.2) is 9.18 Å². The fraction of sp³-hybridized carbons (Fsp3) is 0.235. The summed E-state index contributed by atoms with van der Waals surface area (Å²) in [6.45, 7) is 3.71. The van der Waals surface area contributed by atoms with Gasteiger partial charge in [-0.2, -0.15) is 0 Å². The molecule has 2 rings (SSSR count). The molecular formula is C17H18FNO2. The molecule has 21 heavy (non-hydrogen) atoms. The summed E-state index contributed by atoms with van der Waals surface area (Å²) in [5, 5.41) is 12.9. The highest BCUT2D eigenvalue weighted by Crippen LogP contribution is 2.31. The largest absolute Gasteiger partial charge is 0.479 e. The van der Waals surface area contributed by atoms with E-state index >= 15 is 0 Å². The smallest absolute Gasteiger partial charge is 0.334 e. The molecule has 0 saturated carbocycles. The van der Waals surface area contributed by atoms with Crippen molar-refractivity contribution in [2.75, 3.05) is 5.32 Å². The molecule has 0 bridgehead atoms. The van der Waals surface area contributed by atoms with Crippen molar-refractivity contribution >= 4 is 11.7 Å². The molecule has 3 nitrogen and oxygen atoms in total. The molecule has 0 saturated heterocycles. The van der Waals surface area contributed by atoms with E-state index in [0.717, 1.165) is 11.3 Å². The normalized spacial score (nSPS) is 13.5. The SMILES string of the molecule is CCC(Nc1ccccc1C)(C(=O)O)c1ccc(F)cc1. The molecule has 0 aliphatic carbocycles. The van der Waals surface area contributed by atoms with Gasteiger partial charge in [-0.05, 0) is 42.7 Å². The third-order valence-electron chi connectivity index (χ3n) is 3.73. The lowest BCUT2D eigenvalue weighted by Crippen LogP contribution is -2.43. The Kier molecular flexibility index (Phi) is 4.26. The van der Waals surface area contributed by atoms with Gasteiger partial charge in [0.25, 0.3) is 0 Å². The molecule has 0 heterocycles. The van der Waals surface area contributed by atoms with E-state index < -0.39 is 11.5 Å². The van der Waals surface area contributed by atoms with E-state index in [2.05, 4.69) is 5.32 Å². The Morgan fingerprint density at radius 3 is 2.33 bits per heavy atom. The average Bonchev–Trinajstić information content (AvgIpc) is 2.47. The molecular weight excluding hydrogens is 269 g/mol. The number of anilines is 1. The summed E-state index contributed by atoms with van der Waals surface area (Å²) in [6, 6.07) is 13.1. The number of carboxylic acid groups (broad SMARTS) is 1. The van der Waals surface area contributed by atoms with Gasteiger partial charge in [0.1, 0.15) is 5.82 Å². The van der Waals surface area contributed by atoms with Crippen LogP contribution in [0.1, 0.15) is 24.5 Å². The van der Waals surface area contributed by atoms with Crippen molar-refractivity contribution in [3.05, 3.63) is 65.5 Å². The van der Waals surface area contributed by atoms with Gasteiger partial charge in [-0.15, -0.1) is 0 Å². The molecule has 1 unspecified atom stereocenters. The highest BCUT2D eigenvalue weighted by atomic mass is 19.1. The molecule has 2 aromatic rings. The third kappa shape index (κ3) is 2.89. The van der Waals surface area contributed by atoms with Gasteiger partial charge in [0.2, 0.25) is 0 Å². The first kappa shape index (κ1) is 15.0. The molecule has 110 valence electrons. The number of benzene rings is 2. The molecule has 0 aliphatic rings. The number of hydrogen-bond acceptors (Lipinski definition) is 2. The molecule has 0 radical (unpaired) electrons. The third-order valence-corrected chi connectivity index (χ3v) is 3.73. The molecule has 2 aromatic carbocycles. The van der Waals surface area contributed by atoms with Crippen LogP contribution in [0.3, 0.4) is 0 Å². The van der Waals surface area contributed by atoms with Crippen LogP contribution in [0, 0.1) is 12.7 Å². The number of aliphatic carboxylic acids is 1. The molecule has 2 N–H and O–H groups in total. The highest BCUT2D eigenvalue weighted by Gasteiger charge is 2.39. The predicted octanol–water partition coefficient (Wildman–Crippen LogP) is 3.94. The summed E-state index contributed by atoms with van der Waals surface area (Å²) in [6.07, 6.45) is 0.336. The summed E-state index contributed by atoms with van der Waals surface area (Å²) >= 11 is 0. The van der Waals surface area contributed by atoms with E-state index in [-0.39, 0.29) is 5.82 Å². The zero-order valence-corrected chi connectivity index (χ0v) is 12.1. The molecule has 0 fully saturated rings. The molecule has 4 heteroatoms. The number of aryl methyl sites for hydroxylation is 1. The van der Waals surface area contributed by atoms with Crippen LogP contribution in [0.25, 0.3) is 0 Å². The maximum atomic E-state index is 13.1. The monoisotopic (exact) mass is 287 g/mol. The Hall–Kier alpha value is -2.36. The van der Waals surface area contributed by atoms with E-state index in [1.165, 1.54) is 24.3 Å². The number of halogens is 1. The second kappa shape index (κ2) is 5.95. The minimum absolute atomic E-state index is 0.336. The Bertz CT molecular complexity index is 639. The Morgan fingerprint density at radius 2 is 1.81 bits per heavy atom. The summed E-state index contributed by atoms with van der Waals surface area (Å²) < 4.78 is 13.1. The zero-order chi connectivity index (χ0) is 15.5. The van der Waals surface area contributed by atoms with Gasteiger partial charge < -0.3 is 10.4 Å². The van der Waals surface area contributed by atoms with E-state index in [1.807, 2.05) is 31.2 Å². The van der Waals surface area contributed by atoms with E-state index in [9.17, 15) is 14.3 Å². The maximum absolute atomic E-state index is 13.1. The molecule has 0 amide bonds. The minimum atomic E-state index is -1.28. The van der Waals surface area contributed by atoms with Crippen molar-refractivity contribution in [3.8, 4) is 0 Å². The lowest BCUT2D eigenvalue weighted by atomic mass is 9.86. The van der Waals surface area contributed by atoms with Crippen molar-refractivity contribution in [2.45, 2.75) is 25.8 Å². The minimum Gasteiger partial charge on any atom is -0.479 e. The predicted molar refractivity (Wildman–Crippen MR) is 80.8 cm³/mol. The average molecular weight is 287 g/mol. The van der Waals surface area contributed by atoms with Crippen LogP contribution in [-0.2, 0) is 10.3 Å². The van der Waals surface area contributed by atoms with E-state index in [1.54, 1.807) is 6.92 Å². The van der Waals surface area contributed by atoms with Crippen molar-refractivity contribution in [3.63, 3.8) is 0 Å². The van der Waals surface area contributed by atoms with Crippen molar-refractivity contribution in [1.29, 1.82) is 0 Å². The van der Waals surface area contributed by atoms with Crippen LogP contribution < -0.4 is 5.32 Å². The zero-order valence-electron chi connectivity index (χ0n) is 12.1. The van der Waals surface area contributed by atoms with Crippen LogP contribution in [0.5, 0.6) is 0 Å². The van der Waals surface area contributed by atoms with Crippen molar-refractivity contribution in [1.82, 2.24) is 0 Å². The van der Waals surface area contributed by atoms with Gasteiger partial charge in [0, 0.05) is 5.69 Å². The van der Waals surface area contributed by atoms with Crippen molar-refractivity contribution in [2.24, 2.45) is 0 Å². The second-order valence-electron chi connectivity index (χ2n) is 5.01. The van der Waals surface area contributed by atoms with Gasteiger partial charge in [-0.1, -0.05) is 37.3 Å². The topological polar surface area (TPSA) is 49.3 Å². The van der Waals surface area contributed by atoms with Crippen LogP contribution >= 0.6 is 0 Å². The summed E-state index contributed by atoms with van der Waals surface area (Å²) in [5.74, 6) is -1.37. The first-order valence-corrected chi connectivity index (χ1v) is 6.83. The van der Waals surface area contributed by atoms with Crippen LogP contribution in [-0.4, -0.2) is 11.1 Å². The standard InChI is InChI=1S/C17H18FNO2/c1-3-17(16(20)21,13-8-10-14(18)11-9-13)19-15-7-5-4-6-12(15)2/h4-11,19H,3H2,1-2H3,(H,20,21). The molecule has 0 spiro atoms. The molecule has 0 aliphatic heterocycles. The van der Waals surface area contributed by atoms with Crippen LogP contribution in [0.2, 0.25) is 0 Å². The van der Waals surface area contributed by atoms with E-state index in [0.29, 0.717) is 12.0 Å². The van der Waals surface area contributed by atoms with Gasteiger partial charge >= 0.3 is 5.97 Å². The maximum Gasteiger partial charge on any atom is 0.334 e. The van der Waals surface area contributed by atoms with Gasteiger partial charge in [0.15, 0.2) is 5.54 Å². The fourth-order valence-corrected chi connectivity index (χ4v) is 2.37. The fourth-order valence-electron chi connectivity index (χ4n) is 2.37. The Labute approximate surface area is 123 Å². The molecule has 1 atom stereocenters. The number of carbonyl (C=O) groups is 1. The van der Waals surface area contributed by atoms with Gasteiger partial charge in [-0.3, -0.25) is 0 Å². The summed E-state index contributed by atoms with van der Waals surface area (Å²) in [7, 11) is 0. The Morgan fingerprint density at radius 1 is 1.19 bits per heavy atom. The Balaban J connectivity index is 2.50. The lowest BCUT2D eigenvalue weighted by molar-refractivity contribution is -0.142.